The SMILES string of the molecule is CNc1ncc(C)c(NCCc2ccc(O)cc2)n1. The van der Waals surface area contributed by atoms with E-state index in [-0.39, 0.29) is 0 Å². The van der Waals surface area contributed by atoms with Gasteiger partial charge in [-0.15, -0.1) is 0 Å². The molecule has 0 amide bonds. The maximum absolute atomic E-state index is 9.21. The molecule has 0 bridgehead atoms. The van der Waals surface area contributed by atoms with Crippen molar-refractivity contribution in [2.75, 3.05) is 24.2 Å². The number of rotatable bonds is 5. The Morgan fingerprint density at radius 1 is 1.21 bits per heavy atom. The molecule has 0 aliphatic heterocycles. The number of aromatic nitrogens is 2. The molecule has 3 N–H and O–H groups in total. The van der Waals surface area contributed by atoms with Crippen LogP contribution in [0, 0.1) is 6.92 Å². The summed E-state index contributed by atoms with van der Waals surface area (Å²) in [5.74, 6) is 1.75. The molecular formula is C14H18N4O. The Labute approximate surface area is 112 Å². The van der Waals surface area contributed by atoms with Crippen LogP contribution in [0.5, 0.6) is 5.75 Å². The molecule has 1 aromatic carbocycles. The van der Waals surface area contributed by atoms with Gasteiger partial charge in [0.1, 0.15) is 11.6 Å². The number of aryl methyl sites for hydroxylation is 1. The highest BCUT2D eigenvalue weighted by atomic mass is 16.3. The van der Waals surface area contributed by atoms with Crippen molar-refractivity contribution in [3.63, 3.8) is 0 Å². The lowest BCUT2D eigenvalue weighted by atomic mass is 10.1. The molecular weight excluding hydrogens is 240 g/mol. The molecule has 5 nitrogen and oxygen atoms in total. The van der Waals surface area contributed by atoms with Crippen LogP contribution in [0.15, 0.2) is 30.5 Å². The Hall–Kier alpha value is -2.30. The van der Waals surface area contributed by atoms with Crippen LogP contribution in [0.4, 0.5) is 11.8 Å². The third-order valence-corrected chi connectivity index (χ3v) is 2.84. The van der Waals surface area contributed by atoms with Crippen molar-refractivity contribution in [3.05, 3.63) is 41.6 Å². The summed E-state index contributed by atoms with van der Waals surface area (Å²) < 4.78 is 0. The van der Waals surface area contributed by atoms with Crippen molar-refractivity contribution >= 4 is 11.8 Å². The van der Waals surface area contributed by atoms with Crippen LogP contribution in [0.3, 0.4) is 0 Å². The van der Waals surface area contributed by atoms with Crippen LogP contribution < -0.4 is 10.6 Å². The van der Waals surface area contributed by atoms with Gasteiger partial charge in [0, 0.05) is 25.4 Å². The zero-order valence-corrected chi connectivity index (χ0v) is 11.1. The largest absolute Gasteiger partial charge is 0.508 e. The third kappa shape index (κ3) is 3.58. The third-order valence-electron chi connectivity index (χ3n) is 2.84. The van der Waals surface area contributed by atoms with Crippen LogP contribution in [0.2, 0.25) is 0 Å². The summed E-state index contributed by atoms with van der Waals surface area (Å²) in [6, 6.07) is 7.24. The van der Waals surface area contributed by atoms with Crippen molar-refractivity contribution in [1.29, 1.82) is 0 Å². The lowest BCUT2D eigenvalue weighted by Gasteiger charge is -2.09. The lowest BCUT2D eigenvalue weighted by Crippen LogP contribution is -2.09. The number of phenols is 1. The van der Waals surface area contributed by atoms with E-state index in [1.807, 2.05) is 19.1 Å². The fourth-order valence-corrected chi connectivity index (χ4v) is 1.73. The Morgan fingerprint density at radius 3 is 2.63 bits per heavy atom. The predicted molar refractivity (Wildman–Crippen MR) is 76.6 cm³/mol. The van der Waals surface area contributed by atoms with E-state index in [1.165, 1.54) is 5.56 Å². The zero-order chi connectivity index (χ0) is 13.7. The van der Waals surface area contributed by atoms with E-state index in [9.17, 15) is 5.11 Å². The summed E-state index contributed by atoms with van der Waals surface area (Å²) >= 11 is 0. The van der Waals surface area contributed by atoms with Crippen LogP contribution in [-0.2, 0) is 6.42 Å². The maximum atomic E-state index is 9.21. The summed E-state index contributed by atoms with van der Waals surface area (Å²) in [5.41, 5.74) is 2.19. The number of aromatic hydroxyl groups is 1. The maximum Gasteiger partial charge on any atom is 0.224 e. The number of hydrogen-bond donors (Lipinski definition) is 3. The molecule has 2 rings (SSSR count). The van der Waals surface area contributed by atoms with Gasteiger partial charge in [0.15, 0.2) is 0 Å². The fraction of sp³-hybridized carbons (Fsp3) is 0.286. The second-order valence-electron chi connectivity index (χ2n) is 4.32. The average Bonchev–Trinajstić information content (AvgIpc) is 2.43. The quantitative estimate of drug-likeness (QED) is 0.767. The van der Waals surface area contributed by atoms with E-state index in [0.29, 0.717) is 11.7 Å². The van der Waals surface area contributed by atoms with Gasteiger partial charge in [-0.2, -0.15) is 4.98 Å². The van der Waals surface area contributed by atoms with Gasteiger partial charge in [0.05, 0.1) is 0 Å². The van der Waals surface area contributed by atoms with Crippen molar-refractivity contribution in [2.45, 2.75) is 13.3 Å². The van der Waals surface area contributed by atoms with E-state index >= 15 is 0 Å². The molecule has 19 heavy (non-hydrogen) atoms. The first-order valence-electron chi connectivity index (χ1n) is 6.22. The normalized spacial score (nSPS) is 10.2. The number of hydrogen-bond acceptors (Lipinski definition) is 5. The Kier molecular flexibility index (Phi) is 4.18. The molecule has 0 aliphatic carbocycles. The highest BCUT2D eigenvalue weighted by Gasteiger charge is 2.02. The zero-order valence-electron chi connectivity index (χ0n) is 11.1. The molecule has 5 heteroatoms. The highest BCUT2D eigenvalue weighted by molar-refractivity contribution is 5.46. The van der Waals surface area contributed by atoms with Gasteiger partial charge in [-0.3, -0.25) is 0 Å². The molecule has 1 heterocycles. The van der Waals surface area contributed by atoms with Gasteiger partial charge in [-0.25, -0.2) is 4.98 Å². The summed E-state index contributed by atoms with van der Waals surface area (Å²) in [7, 11) is 1.80. The molecule has 1 aromatic heterocycles. The van der Waals surface area contributed by atoms with Crippen LogP contribution in [-0.4, -0.2) is 28.7 Å². The molecule has 0 aliphatic rings. The standard InChI is InChI=1S/C14H18N4O/c1-10-9-17-14(15-2)18-13(10)16-8-7-11-3-5-12(19)6-4-11/h3-6,9,19H,7-8H2,1-2H3,(H2,15,16,17,18). The second-order valence-corrected chi connectivity index (χ2v) is 4.32. The number of benzene rings is 1. The number of nitrogens with zero attached hydrogens (tertiary/aromatic N) is 2. The van der Waals surface area contributed by atoms with E-state index in [0.717, 1.165) is 24.3 Å². The highest BCUT2D eigenvalue weighted by Crippen LogP contribution is 2.13. The minimum atomic E-state index is 0.294. The molecule has 100 valence electrons. The van der Waals surface area contributed by atoms with Gasteiger partial charge < -0.3 is 15.7 Å². The van der Waals surface area contributed by atoms with Crippen molar-refractivity contribution in [1.82, 2.24) is 9.97 Å². The fourth-order valence-electron chi connectivity index (χ4n) is 1.73. The van der Waals surface area contributed by atoms with Gasteiger partial charge in [-0.1, -0.05) is 12.1 Å². The first kappa shape index (κ1) is 13.1. The number of anilines is 2. The van der Waals surface area contributed by atoms with Crippen molar-refractivity contribution < 1.29 is 5.11 Å². The Bertz CT molecular complexity index is 540. The molecule has 0 saturated carbocycles. The van der Waals surface area contributed by atoms with Crippen molar-refractivity contribution in [2.24, 2.45) is 0 Å². The molecule has 2 aromatic rings. The summed E-state index contributed by atoms with van der Waals surface area (Å²) in [6.45, 7) is 2.76. The Morgan fingerprint density at radius 2 is 1.95 bits per heavy atom. The molecule has 0 fully saturated rings. The molecule has 0 atom stereocenters. The molecule has 0 saturated heterocycles. The first-order chi connectivity index (χ1) is 9.19. The van der Waals surface area contributed by atoms with Crippen LogP contribution in [0.25, 0.3) is 0 Å². The van der Waals surface area contributed by atoms with E-state index in [2.05, 4.69) is 20.6 Å². The van der Waals surface area contributed by atoms with E-state index < -0.39 is 0 Å². The molecule has 0 spiro atoms. The molecule has 0 radical (unpaired) electrons. The molecule has 0 unspecified atom stereocenters. The summed E-state index contributed by atoms with van der Waals surface area (Å²) in [6.07, 6.45) is 2.67. The smallest absolute Gasteiger partial charge is 0.224 e. The van der Waals surface area contributed by atoms with Gasteiger partial charge >= 0.3 is 0 Å². The van der Waals surface area contributed by atoms with E-state index in [4.69, 9.17) is 0 Å². The van der Waals surface area contributed by atoms with Crippen LogP contribution >= 0.6 is 0 Å². The summed E-state index contributed by atoms with van der Waals surface area (Å²) in [5, 5.41) is 15.4. The average molecular weight is 258 g/mol. The van der Waals surface area contributed by atoms with Gasteiger partial charge in [-0.05, 0) is 31.0 Å². The minimum Gasteiger partial charge on any atom is -0.508 e. The van der Waals surface area contributed by atoms with Crippen LogP contribution in [0.1, 0.15) is 11.1 Å². The predicted octanol–water partition coefficient (Wildman–Crippen LogP) is 2.19. The number of nitrogens with one attached hydrogen (secondary N) is 2. The van der Waals surface area contributed by atoms with Gasteiger partial charge in [0.2, 0.25) is 5.95 Å². The number of phenolic OH excluding ortho intramolecular Hbond substituents is 1. The second kappa shape index (κ2) is 6.04. The van der Waals surface area contributed by atoms with E-state index in [1.54, 1.807) is 25.4 Å². The van der Waals surface area contributed by atoms with Crippen molar-refractivity contribution in [3.8, 4) is 5.75 Å². The van der Waals surface area contributed by atoms with Gasteiger partial charge in [0.25, 0.3) is 0 Å². The first-order valence-corrected chi connectivity index (χ1v) is 6.22. The topological polar surface area (TPSA) is 70.1 Å². The lowest BCUT2D eigenvalue weighted by molar-refractivity contribution is 0.475. The minimum absolute atomic E-state index is 0.294. The Balaban J connectivity index is 1.93. The summed E-state index contributed by atoms with van der Waals surface area (Å²) in [4.78, 5) is 8.51. The monoisotopic (exact) mass is 258 g/mol.